The van der Waals surface area contributed by atoms with E-state index in [1.54, 1.807) is 0 Å². The van der Waals surface area contributed by atoms with Crippen LogP contribution in [0.1, 0.15) is 57.1 Å². The summed E-state index contributed by atoms with van der Waals surface area (Å²) in [6.07, 6.45) is 1.03. The number of carbonyl (C=O) groups is 1. The molecule has 4 nitrogen and oxygen atoms in total. The molecule has 0 aliphatic heterocycles. The molecule has 0 aliphatic carbocycles. The molecule has 0 fully saturated rings. The van der Waals surface area contributed by atoms with Gasteiger partial charge in [-0.15, -0.1) is 0 Å². The first-order chi connectivity index (χ1) is 12.9. The van der Waals surface area contributed by atoms with Crippen LogP contribution in [0.25, 0.3) is 0 Å². The number of hydrogen-bond donors (Lipinski definition) is 2. The quantitative estimate of drug-likeness (QED) is 0.643. The maximum absolute atomic E-state index is 12.1. The maximum atomic E-state index is 12.1. The zero-order valence-electron chi connectivity index (χ0n) is 16.4. The molecule has 27 heavy (non-hydrogen) atoms. The Hall–Kier alpha value is -2.40. The van der Waals surface area contributed by atoms with Crippen LogP contribution < -0.4 is 15.4 Å². The van der Waals surface area contributed by atoms with Gasteiger partial charge in [0, 0.05) is 5.69 Å². The summed E-state index contributed by atoms with van der Waals surface area (Å²) < 4.78 is 5.53. The number of carbonyl (C=O) groups excluding carboxylic acids is 1. The average molecular weight is 385 g/mol. The lowest BCUT2D eigenvalue weighted by molar-refractivity contribution is -0.121. The highest BCUT2D eigenvalue weighted by Crippen LogP contribution is 2.26. The number of nitrogens with one attached hydrogen (secondary N) is 2. The van der Waals surface area contributed by atoms with Crippen LogP contribution in [0, 0.1) is 0 Å². The summed E-state index contributed by atoms with van der Waals surface area (Å²) in [5.74, 6) is 1.24. The van der Waals surface area contributed by atoms with Crippen molar-refractivity contribution < 1.29 is 9.53 Å². The van der Waals surface area contributed by atoms with Gasteiger partial charge in [0.1, 0.15) is 5.75 Å². The van der Waals surface area contributed by atoms with Gasteiger partial charge in [-0.3, -0.25) is 10.1 Å². The molecule has 1 amide bonds. The smallest absolute Gasteiger partial charge is 0.264 e. The van der Waals surface area contributed by atoms with Gasteiger partial charge in [0.25, 0.3) is 5.91 Å². The summed E-state index contributed by atoms with van der Waals surface area (Å²) in [6, 6.07) is 15.8. The lowest BCUT2D eigenvalue weighted by atomic mass is 9.97. The Morgan fingerprint density at radius 2 is 1.74 bits per heavy atom. The van der Waals surface area contributed by atoms with Crippen LogP contribution in [0.5, 0.6) is 5.75 Å². The third kappa shape index (κ3) is 6.36. The van der Waals surface area contributed by atoms with Crippen molar-refractivity contribution in [3.63, 3.8) is 0 Å². The molecule has 2 aromatic rings. The van der Waals surface area contributed by atoms with Crippen LogP contribution in [0.15, 0.2) is 48.5 Å². The number of rotatable bonds is 7. The topological polar surface area (TPSA) is 50.4 Å². The number of thiocarbonyl (C=S) groups is 1. The minimum Gasteiger partial charge on any atom is -0.484 e. The van der Waals surface area contributed by atoms with Crippen LogP contribution in [0.2, 0.25) is 0 Å². The van der Waals surface area contributed by atoms with Gasteiger partial charge < -0.3 is 10.1 Å². The van der Waals surface area contributed by atoms with Gasteiger partial charge in [-0.2, -0.15) is 0 Å². The van der Waals surface area contributed by atoms with E-state index in [1.807, 2.05) is 42.5 Å². The Balaban J connectivity index is 1.86. The van der Waals surface area contributed by atoms with E-state index in [4.69, 9.17) is 17.0 Å². The van der Waals surface area contributed by atoms with Gasteiger partial charge in [-0.1, -0.05) is 58.0 Å². The molecule has 0 aromatic heterocycles. The molecule has 1 atom stereocenters. The Labute approximate surface area is 167 Å². The van der Waals surface area contributed by atoms with Crippen molar-refractivity contribution in [1.82, 2.24) is 5.32 Å². The Morgan fingerprint density at radius 1 is 1.07 bits per heavy atom. The summed E-state index contributed by atoms with van der Waals surface area (Å²) in [5.41, 5.74) is 3.33. The molecule has 0 heterocycles. The number of anilines is 1. The van der Waals surface area contributed by atoms with E-state index in [0.717, 1.165) is 12.1 Å². The summed E-state index contributed by atoms with van der Waals surface area (Å²) in [6.45, 7) is 8.50. The fourth-order valence-electron chi connectivity index (χ4n) is 2.67. The largest absolute Gasteiger partial charge is 0.484 e. The molecule has 0 saturated carbocycles. The van der Waals surface area contributed by atoms with Crippen LogP contribution >= 0.6 is 12.2 Å². The second-order valence-corrected chi connectivity index (χ2v) is 7.32. The van der Waals surface area contributed by atoms with Crippen molar-refractivity contribution in [3.8, 4) is 5.75 Å². The fourth-order valence-corrected chi connectivity index (χ4v) is 2.90. The summed E-state index contributed by atoms with van der Waals surface area (Å²) in [5, 5.41) is 6.06. The summed E-state index contributed by atoms with van der Waals surface area (Å²) >= 11 is 5.27. The van der Waals surface area contributed by atoms with Crippen molar-refractivity contribution in [2.45, 2.75) is 46.0 Å². The first-order valence-corrected chi connectivity index (χ1v) is 9.74. The zero-order valence-corrected chi connectivity index (χ0v) is 17.2. The van der Waals surface area contributed by atoms with E-state index < -0.39 is 0 Å². The normalized spacial score (nSPS) is 11.7. The van der Waals surface area contributed by atoms with E-state index in [1.165, 1.54) is 11.1 Å². The van der Waals surface area contributed by atoms with Gasteiger partial charge >= 0.3 is 0 Å². The van der Waals surface area contributed by atoms with Crippen molar-refractivity contribution in [3.05, 3.63) is 59.7 Å². The number of hydrogen-bond acceptors (Lipinski definition) is 3. The van der Waals surface area contributed by atoms with Crippen LogP contribution in [0.3, 0.4) is 0 Å². The molecule has 0 saturated heterocycles. The molecule has 2 rings (SSSR count). The monoisotopic (exact) mass is 384 g/mol. The Morgan fingerprint density at radius 3 is 2.37 bits per heavy atom. The van der Waals surface area contributed by atoms with Gasteiger partial charge in [0.2, 0.25) is 0 Å². The highest BCUT2D eigenvalue weighted by molar-refractivity contribution is 7.80. The lowest BCUT2D eigenvalue weighted by Gasteiger charge is -2.17. The first-order valence-electron chi connectivity index (χ1n) is 9.33. The van der Waals surface area contributed by atoms with E-state index in [0.29, 0.717) is 17.6 Å². The Kier molecular flexibility index (Phi) is 7.80. The van der Waals surface area contributed by atoms with Gasteiger partial charge in [-0.25, -0.2) is 0 Å². The summed E-state index contributed by atoms with van der Waals surface area (Å²) in [7, 11) is 0. The van der Waals surface area contributed by atoms with Crippen molar-refractivity contribution in [2.75, 3.05) is 11.9 Å². The molecule has 0 bridgehead atoms. The van der Waals surface area contributed by atoms with Gasteiger partial charge in [0.05, 0.1) is 0 Å². The highest BCUT2D eigenvalue weighted by atomic mass is 32.1. The van der Waals surface area contributed by atoms with Crippen LogP contribution in [-0.2, 0) is 4.79 Å². The Bertz CT molecular complexity index is 772. The minimum absolute atomic E-state index is 0.0874. The SMILES string of the molecule is CC[C@@H](C)c1ccccc1NC(=S)NC(=O)COc1ccc(C(C)C)cc1. The van der Waals surface area contributed by atoms with E-state index in [2.05, 4.69) is 44.4 Å². The van der Waals surface area contributed by atoms with Gasteiger partial charge in [-0.05, 0) is 59.8 Å². The standard InChI is InChI=1S/C22H28N2O2S/c1-5-16(4)19-8-6-7-9-20(19)23-22(27)24-21(25)14-26-18-12-10-17(11-13-18)15(2)3/h6-13,15-16H,5,14H2,1-4H3,(H2,23,24,25,27)/t16-/m1/s1. The highest BCUT2D eigenvalue weighted by Gasteiger charge is 2.11. The molecule has 0 radical (unpaired) electrons. The molecule has 2 N–H and O–H groups in total. The van der Waals surface area contributed by atoms with E-state index in [-0.39, 0.29) is 17.6 Å². The summed E-state index contributed by atoms with van der Waals surface area (Å²) in [4.78, 5) is 12.1. The van der Waals surface area contributed by atoms with Gasteiger partial charge in [0.15, 0.2) is 11.7 Å². The molecular formula is C22H28N2O2S. The number of para-hydroxylation sites is 1. The average Bonchev–Trinajstić information content (AvgIpc) is 2.66. The van der Waals surface area contributed by atoms with Crippen LogP contribution in [0.4, 0.5) is 5.69 Å². The van der Waals surface area contributed by atoms with E-state index in [9.17, 15) is 4.79 Å². The molecule has 2 aromatic carbocycles. The predicted molar refractivity (Wildman–Crippen MR) is 116 cm³/mol. The lowest BCUT2D eigenvalue weighted by Crippen LogP contribution is -2.37. The number of ether oxygens (including phenoxy) is 1. The zero-order chi connectivity index (χ0) is 19.8. The molecule has 0 spiro atoms. The number of amides is 1. The third-order valence-corrected chi connectivity index (χ3v) is 4.73. The van der Waals surface area contributed by atoms with Crippen LogP contribution in [-0.4, -0.2) is 17.6 Å². The van der Waals surface area contributed by atoms with E-state index >= 15 is 0 Å². The molecular weight excluding hydrogens is 356 g/mol. The minimum atomic E-state index is -0.290. The fraction of sp³-hybridized carbons (Fsp3) is 0.364. The maximum Gasteiger partial charge on any atom is 0.264 e. The number of benzene rings is 2. The first kappa shape index (κ1) is 20.9. The second-order valence-electron chi connectivity index (χ2n) is 6.91. The molecule has 144 valence electrons. The molecule has 0 aliphatic rings. The molecule has 5 heteroatoms. The predicted octanol–water partition coefficient (Wildman–Crippen LogP) is 5.22. The van der Waals surface area contributed by atoms with Crippen molar-refractivity contribution in [1.29, 1.82) is 0 Å². The second kappa shape index (κ2) is 10.1. The molecule has 0 unspecified atom stereocenters. The van der Waals surface area contributed by atoms with Crippen molar-refractivity contribution in [2.24, 2.45) is 0 Å². The van der Waals surface area contributed by atoms with Crippen molar-refractivity contribution >= 4 is 28.9 Å². The third-order valence-electron chi connectivity index (χ3n) is 4.52.